The first-order valence-electron chi connectivity index (χ1n) is 5.63. The molecule has 1 atom stereocenters. The van der Waals surface area contributed by atoms with Crippen LogP contribution in [-0.4, -0.2) is 37.2 Å². The third-order valence-corrected chi connectivity index (χ3v) is 2.70. The van der Waals surface area contributed by atoms with Gasteiger partial charge in [0, 0.05) is 45.8 Å². The number of amides is 1. The number of carbonyl (C=O) groups excluding carboxylic acids is 2. The van der Waals surface area contributed by atoms with Gasteiger partial charge in [0.15, 0.2) is 5.78 Å². The summed E-state index contributed by atoms with van der Waals surface area (Å²) >= 11 is 0. The van der Waals surface area contributed by atoms with Gasteiger partial charge in [-0.05, 0) is 18.8 Å². The number of Topliss-reactive ketones (excluding diaryl/α,β-unsaturated/α-hetero) is 1. The maximum Gasteiger partial charge on any atom is 0.216 e. The van der Waals surface area contributed by atoms with Crippen molar-refractivity contribution in [3.8, 4) is 0 Å². The maximum absolute atomic E-state index is 11.6. The van der Waals surface area contributed by atoms with Crippen molar-refractivity contribution in [1.29, 1.82) is 0 Å². The van der Waals surface area contributed by atoms with Crippen LogP contribution in [0.5, 0.6) is 0 Å². The summed E-state index contributed by atoms with van der Waals surface area (Å²) in [6, 6.07) is 0. The lowest BCUT2D eigenvalue weighted by Crippen LogP contribution is -2.30. The molecule has 1 aliphatic rings. The molecule has 0 saturated heterocycles. The summed E-state index contributed by atoms with van der Waals surface area (Å²) in [4.78, 5) is 24.3. The second kappa shape index (κ2) is 5.68. The summed E-state index contributed by atoms with van der Waals surface area (Å²) in [5, 5.41) is 2.81. The number of nitrogens with one attached hydrogen (secondary N) is 1. The smallest absolute Gasteiger partial charge is 0.216 e. The van der Waals surface area contributed by atoms with Gasteiger partial charge >= 0.3 is 0 Å². The fourth-order valence-electron chi connectivity index (χ4n) is 1.92. The molecule has 1 amide bonds. The Morgan fingerprint density at radius 3 is 2.81 bits per heavy atom. The molecule has 16 heavy (non-hydrogen) atoms. The van der Waals surface area contributed by atoms with Gasteiger partial charge in [0.25, 0.3) is 0 Å². The molecule has 1 unspecified atom stereocenters. The van der Waals surface area contributed by atoms with Crippen LogP contribution in [-0.2, 0) is 9.59 Å². The van der Waals surface area contributed by atoms with Crippen molar-refractivity contribution >= 4 is 11.7 Å². The molecule has 0 radical (unpaired) electrons. The van der Waals surface area contributed by atoms with E-state index in [0.717, 1.165) is 18.4 Å². The molecule has 1 N–H and O–H groups in total. The Hall–Kier alpha value is -1.32. The van der Waals surface area contributed by atoms with Crippen LogP contribution in [0.1, 0.15) is 26.2 Å². The number of ketones is 1. The Kier molecular flexibility index (Phi) is 4.52. The van der Waals surface area contributed by atoms with Crippen LogP contribution >= 0.6 is 0 Å². The molecule has 0 aromatic rings. The molecule has 1 saturated carbocycles. The van der Waals surface area contributed by atoms with Crippen LogP contribution < -0.4 is 5.32 Å². The predicted octanol–water partition coefficient (Wildman–Crippen LogP) is 0.937. The minimum Gasteiger partial charge on any atom is -0.383 e. The molecule has 0 heterocycles. The van der Waals surface area contributed by atoms with Gasteiger partial charge in [-0.3, -0.25) is 9.59 Å². The first-order valence-corrected chi connectivity index (χ1v) is 5.63. The standard InChI is InChI=1S/C12H20N2O2/c1-9(15)13-7-10-4-5-12(16)11(6-10)8-14(2)3/h8,10H,4-7H2,1-3H3,(H,13,15). The average Bonchev–Trinajstić information content (AvgIpc) is 2.18. The van der Waals surface area contributed by atoms with E-state index in [9.17, 15) is 9.59 Å². The first kappa shape index (κ1) is 12.7. The van der Waals surface area contributed by atoms with Gasteiger partial charge in [-0.25, -0.2) is 0 Å². The summed E-state index contributed by atoms with van der Waals surface area (Å²) in [6.45, 7) is 2.19. The molecule has 1 rings (SSSR count). The van der Waals surface area contributed by atoms with Gasteiger partial charge < -0.3 is 10.2 Å². The van der Waals surface area contributed by atoms with E-state index in [4.69, 9.17) is 0 Å². The first-order chi connectivity index (χ1) is 7.49. The number of carbonyl (C=O) groups is 2. The fourth-order valence-corrected chi connectivity index (χ4v) is 1.92. The summed E-state index contributed by atoms with van der Waals surface area (Å²) < 4.78 is 0. The molecule has 4 heteroatoms. The zero-order valence-electron chi connectivity index (χ0n) is 10.2. The molecule has 90 valence electrons. The lowest BCUT2D eigenvalue weighted by atomic mass is 9.85. The van der Waals surface area contributed by atoms with Crippen molar-refractivity contribution in [2.24, 2.45) is 5.92 Å². The van der Waals surface area contributed by atoms with E-state index in [1.807, 2.05) is 25.2 Å². The van der Waals surface area contributed by atoms with Gasteiger partial charge in [-0.1, -0.05) is 0 Å². The normalized spacial score (nSPS) is 23.3. The summed E-state index contributed by atoms with van der Waals surface area (Å²) in [5.41, 5.74) is 0.881. The highest BCUT2D eigenvalue weighted by Crippen LogP contribution is 2.25. The fraction of sp³-hybridized carbons (Fsp3) is 0.667. The van der Waals surface area contributed by atoms with Crippen molar-refractivity contribution in [3.05, 3.63) is 11.8 Å². The van der Waals surface area contributed by atoms with Crippen LogP contribution in [0.2, 0.25) is 0 Å². The summed E-state index contributed by atoms with van der Waals surface area (Å²) in [6.07, 6.45) is 4.15. The van der Waals surface area contributed by atoms with Crippen molar-refractivity contribution in [1.82, 2.24) is 10.2 Å². The van der Waals surface area contributed by atoms with Gasteiger partial charge in [0.2, 0.25) is 5.91 Å². The molecule has 0 aliphatic heterocycles. The zero-order valence-corrected chi connectivity index (χ0v) is 10.2. The third-order valence-electron chi connectivity index (χ3n) is 2.70. The van der Waals surface area contributed by atoms with Crippen molar-refractivity contribution in [3.63, 3.8) is 0 Å². The average molecular weight is 224 g/mol. The molecule has 4 nitrogen and oxygen atoms in total. The Balaban J connectivity index is 2.54. The Bertz CT molecular complexity index is 308. The second-order valence-electron chi connectivity index (χ2n) is 4.59. The minimum absolute atomic E-state index is 0.00459. The molecule has 0 aromatic carbocycles. The topological polar surface area (TPSA) is 49.4 Å². The number of nitrogens with zero attached hydrogens (tertiary/aromatic N) is 1. The van der Waals surface area contributed by atoms with Crippen LogP contribution in [0.25, 0.3) is 0 Å². The highest BCUT2D eigenvalue weighted by molar-refractivity contribution is 5.95. The van der Waals surface area contributed by atoms with Crippen molar-refractivity contribution in [2.45, 2.75) is 26.2 Å². The van der Waals surface area contributed by atoms with E-state index < -0.39 is 0 Å². The Labute approximate surface area is 96.7 Å². The monoisotopic (exact) mass is 224 g/mol. The SMILES string of the molecule is CC(=O)NCC1CCC(=O)C(=CN(C)C)C1. The van der Waals surface area contributed by atoms with Crippen LogP contribution in [0.3, 0.4) is 0 Å². The maximum atomic E-state index is 11.6. The third kappa shape index (κ3) is 4.04. The quantitative estimate of drug-likeness (QED) is 0.726. The van der Waals surface area contributed by atoms with Gasteiger partial charge in [-0.15, -0.1) is 0 Å². The van der Waals surface area contributed by atoms with E-state index >= 15 is 0 Å². The molecule has 0 bridgehead atoms. The second-order valence-corrected chi connectivity index (χ2v) is 4.59. The summed E-state index contributed by atoms with van der Waals surface area (Å²) in [7, 11) is 3.83. The number of hydrogen-bond donors (Lipinski definition) is 1. The van der Waals surface area contributed by atoms with Crippen molar-refractivity contribution < 1.29 is 9.59 Å². The Morgan fingerprint density at radius 1 is 1.56 bits per heavy atom. The lowest BCUT2D eigenvalue weighted by Gasteiger charge is -2.24. The number of hydrogen-bond acceptors (Lipinski definition) is 3. The molecule has 1 aliphatic carbocycles. The molecule has 0 aromatic heterocycles. The van der Waals surface area contributed by atoms with E-state index in [2.05, 4.69) is 5.32 Å². The zero-order chi connectivity index (χ0) is 12.1. The van der Waals surface area contributed by atoms with E-state index in [1.165, 1.54) is 6.92 Å². The lowest BCUT2D eigenvalue weighted by molar-refractivity contribution is -0.119. The highest BCUT2D eigenvalue weighted by atomic mass is 16.1. The van der Waals surface area contributed by atoms with Crippen LogP contribution in [0.15, 0.2) is 11.8 Å². The van der Waals surface area contributed by atoms with Crippen LogP contribution in [0.4, 0.5) is 0 Å². The van der Waals surface area contributed by atoms with Gasteiger partial charge in [0.1, 0.15) is 0 Å². The molecule has 1 fully saturated rings. The Morgan fingerprint density at radius 2 is 2.25 bits per heavy atom. The molecular weight excluding hydrogens is 204 g/mol. The molecular formula is C12H20N2O2. The summed E-state index contributed by atoms with van der Waals surface area (Å²) in [5.74, 6) is 0.635. The van der Waals surface area contributed by atoms with E-state index in [-0.39, 0.29) is 11.7 Å². The van der Waals surface area contributed by atoms with Crippen molar-refractivity contribution in [2.75, 3.05) is 20.6 Å². The van der Waals surface area contributed by atoms with E-state index in [0.29, 0.717) is 18.9 Å². The van der Waals surface area contributed by atoms with Gasteiger partial charge in [-0.2, -0.15) is 0 Å². The highest BCUT2D eigenvalue weighted by Gasteiger charge is 2.23. The largest absolute Gasteiger partial charge is 0.383 e. The predicted molar refractivity (Wildman–Crippen MR) is 62.8 cm³/mol. The number of allylic oxidation sites excluding steroid dienone is 1. The van der Waals surface area contributed by atoms with Crippen LogP contribution in [0, 0.1) is 5.92 Å². The number of rotatable bonds is 3. The minimum atomic E-state index is -0.00459. The molecule has 0 spiro atoms. The van der Waals surface area contributed by atoms with Gasteiger partial charge in [0.05, 0.1) is 0 Å². The van der Waals surface area contributed by atoms with E-state index in [1.54, 1.807) is 0 Å².